The lowest BCUT2D eigenvalue weighted by atomic mass is 10.2. The number of halogens is 1. The Labute approximate surface area is 120 Å². The molecule has 2 aromatic carbocycles. The zero-order valence-electron chi connectivity index (χ0n) is 10.6. The maximum absolute atomic E-state index is 9.09. The molecule has 0 unspecified atom stereocenters. The van der Waals surface area contributed by atoms with Crippen LogP contribution in [-0.4, -0.2) is 12.2 Å². The van der Waals surface area contributed by atoms with Crippen LogP contribution in [0.2, 0.25) is 0 Å². The minimum atomic E-state index is -0.0116. The lowest BCUT2D eigenvalue weighted by molar-refractivity contribution is 0.274. The molecular weight excluding hydrogens is 308 g/mol. The van der Waals surface area contributed by atoms with Gasteiger partial charge in [-0.3, -0.25) is 0 Å². The molecule has 0 saturated carbocycles. The topological polar surface area (TPSA) is 38.7 Å². The van der Waals surface area contributed by atoms with Crippen molar-refractivity contribution in [3.05, 3.63) is 58.1 Å². The first-order valence-corrected chi connectivity index (χ1v) is 6.67. The van der Waals surface area contributed by atoms with Gasteiger partial charge in [0.1, 0.15) is 6.61 Å². The third-order valence-corrected chi connectivity index (χ3v) is 3.19. The van der Waals surface area contributed by atoms with Crippen LogP contribution in [0.5, 0.6) is 11.5 Å². The molecule has 3 nitrogen and oxygen atoms in total. The second-order valence-electron chi connectivity index (χ2n) is 4.06. The second-order valence-corrected chi connectivity index (χ2v) is 4.98. The standard InChI is InChI=1S/C15H15BrO3/c1-18-15-8-11(9-17)5-6-14(15)19-10-12-3-2-4-13(16)7-12/h2-8,17H,9-10H2,1H3. The van der Waals surface area contributed by atoms with Crippen molar-refractivity contribution in [3.8, 4) is 11.5 Å². The van der Waals surface area contributed by atoms with Gasteiger partial charge in [-0.25, -0.2) is 0 Å². The van der Waals surface area contributed by atoms with Crippen molar-refractivity contribution in [1.29, 1.82) is 0 Å². The van der Waals surface area contributed by atoms with E-state index in [4.69, 9.17) is 14.6 Å². The molecule has 0 fully saturated rings. The monoisotopic (exact) mass is 322 g/mol. The molecule has 0 aliphatic rings. The second kappa shape index (κ2) is 6.59. The fourth-order valence-electron chi connectivity index (χ4n) is 1.72. The Bertz CT molecular complexity index is 555. The van der Waals surface area contributed by atoms with Crippen LogP contribution < -0.4 is 9.47 Å². The van der Waals surface area contributed by atoms with Crippen LogP contribution in [0.25, 0.3) is 0 Å². The molecule has 0 atom stereocenters. The summed E-state index contributed by atoms with van der Waals surface area (Å²) in [5.41, 5.74) is 1.87. The molecule has 0 spiro atoms. The molecule has 19 heavy (non-hydrogen) atoms. The van der Waals surface area contributed by atoms with Gasteiger partial charge in [0.2, 0.25) is 0 Å². The molecular formula is C15H15BrO3. The summed E-state index contributed by atoms with van der Waals surface area (Å²) in [6.45, 7) is 0.455. The van der Waals surface area contributed by atoms with Crippen molar-refractivity contribution in [2.45, 2.75) is 13.2 Å². The number of rotatable bonds is 5. The molecule has 0 bridgehead atoms. The van der Waals surface area contributed by atoms with Gasteiger partial charge in [-0.15, -0.1) is 0 Å². The van der Waals surface area contributed by atoms with Gasteiger partial charge in [-0.1, -0.05) is 34.1 Å². The van der Waals surface area contributed by atoms with Crippen molar-refractivity contribution in [2.24, 2.45) is 0 Å². The first kappa shape index (κ1) is 13.9. The predicted molar refractivity (Wildman–Crippen MR) is 77.4 cm³/mol. The van der Waals surface area contributed by atoms with Crippen molar-refractivity contribution >= 4 is 15.9 Å². The summed E-state index contributed by atoms with van der Waals surface area (Å²) in [5, 5.41) is 9.09. The van der Waals surface area contributed by atoms with E-state index in [0.717, 1.165) is 15.6 Å². The van der Waals surface area contributed by atoms with Crippen molar-refractivity contribution < 1.29 is 14.6 Å². The minimum absolute atomic E-state index is 0.0116. The predicted octanol–water partition coefficient (Wildman–Crippen LogP) is 3.53. The molecule has 0 aromatic heterocycles. The Morgan fingerprint density at radius 2 is 1.89 bits per heavy atom. The summed E-state index contributed by atoms with van der Waals surface area (Å²) in [6, 6.07) is 13.3. The van der Waals surface area contributed by atoms with Crippen LogP contribution >= 0.6 is 15.9 Å². The number of aliphatic hydroxyl groups excluding tert-OH is 1. The summed E-state index contributed by atoms with van der Waals surface area (Å²) in [5.74, 6) is 1.29. The summed E-state index contributed by atoms with van der Waals surface area (Å²) in [6.07, 6.45) is 0. The number of hydrogen-bond donors (Lipinski definition) is 1. The smallest absolute Gasteiger partial charge is 0.161 e. The molecule has 0 radical (unpaired) electrons. The highest BCUT2D eigenvalue weighted by atomic mass is 79.9. The molecule has 0 aliphatic carbocycles. The maximum Gasteiger partial charge on any atom is 0.161 e. The van der Waals surface area contributed by atoms with Gasteiger partial charge < -0.3 is 14.6 Å². The van der Waals surface area contributed by atoms with E-state index >= 15 is 0 Å². The molecule has 0 amide bonds. The van der Waals surface area contributed by atoms with Crippen LogP contribution in [0, 0.1) is 0 Å². The third-order valence-electron chi connectivity index (χ3n) is 2.69. The summed E-state index contributed by atoms with van der Waals surface area (Å²) in [7, 11) is 1.59. The first-order valence-electron chi connectivity index (χ1n) is 5.88. The van der Waals surface area contributed by atoms with E-state index in [-0.39, 0.29) is 6.61 Å². The minimum Gasteiger partial charge on any atom is -0.493 e. The lowest BCUT2D eigenvalue weighted by Gasteiger charge is -2.11. The Morgan fingerprint density at radius 1 is 1.05 bits per heavy atom. The zero-order chi connectivity index (χ0) is 13.7. The highest BCUT2D eigenvalue weighted by Crippen LogP contribution is 2.29. The van der Waals surface area contributed by atoms with Crippen molar-refractivity contribution in [3.63, 3.8) is 0 Å². The van der Waals surface area contributed by atoms with Crippen molar-refractivity contribution in [1.82, 2.24) is 0 Å². The van der Waals surface area contributed by atoms with E-state index in [9.17, 15) is 0 Å². The number of benzene rings is 2. The van der Waals surface area contributed by atoms with Gasteiger partial charge in [0.25, 0.3) is 0 Å². The lowest BCUT2D eigenvalue weighted by Crippen LogP contribution is -1.98. The van der Waals surface area contributed by atoms with Crippen LogP contribution in [0.4, 0.5) is 0 Å². The van der Waals surface area contributed by atoms with Crippen LogP contribution in [0.15, 0.2) is 46.9 Å². The Morgan fingerprint density at radius 3 is 2.58 bits per heavy atom. The van der Waals surface area contributed by atoms with Crippen molar-refractivity contribution in [2.75, 3.05) is 7.11 Å². The quantitative estimate of drug-likeness (QED) is 0.915. The van der Waals surface area contributed by atoms with E-state index in [1.54, 1.807) is 13.2 Å². The molecule has 2 aromatic rings. The van der Waals surface area contributed by atoms with Gasteiger partial charge in [0.15, 0.2) is 11.5 Å². The number of aliphatic hydroxyl groups is 1. The molecule has 0 aliphatic heterocycles. The maximum atomic E-state index is 9.09. The fourth-order valence-corrected chi connectivity index (χ4v) is 2.16. The third kappa shape index (κ3) is 3.72. The molecule has 0 heterocycles. The van der Waals surface area contributed by atoms with E-state index in [1.165, 1.54) is 0 Å². The molecule has 100 valence electrons. The van der Waals surface area contributed by atoms with Crippen LogP contribution in [0.3, 0.4) is 0 Å². The molecule has 1 N–H and O–H groups in total. The van der Waals surface area contributed by atoms with E-state index in [1.807, 2.05) is 36.4 Å². The highest BCUT2D eigenvalue weighted by Gasteiger charge is 2.06. The Kier molecular flexibility index (Phi) is 4.82. The highest BCUT2D eigenvalue weighted by molar-refractivity contribution is 9.10. The number of methoxy groups -OCH3 is 1. The Balaban J connectivity index is 2.11. The first-order chi connectivity index (χ1) is 9.22. The number of ether oxygens (including phenoxy) is 2. The number of hydrogen-bond acceptors (Lipinski definition) is 3. The SMILES string of the molecule is COc1cc(CO)ccc1OCc1cccc(Br)c1. The van der Waals surface area contributed by atoms with Gasteiger partial charge in [0, 0.05) is 4.47 Å². The van der Waals surface area contributed by atoms with E-state index in [0.29, 0.717) is 18.1 Å². The Hall–Kier alpha value is -1.52. The average Bonchev–Trinajstić information content (AvgIpc) is 2.45. The fraction of sp³-hybridized carbons (Fsp3) is 0.200. The molecule has 0 saturated heterocycles. The van der Waals surface area contributed by atoms with Crippen LogP contribution in [0.1, 0.15) is 11.1 Å². The van der Waals surface area contributed by atoms with Crippen LogP contribution in [-0.2, 0) is 13.2 Å². The molecule has 2 rings (SSSR count). The van der Waals surface area contributed by atoms with Gasteiger partial charge in [-0.2, -0.15) is 0 Å². The largest absolute Gasteiger partial charge is 0.493 e. The molecule has 4 heteroatoms. The average molecular weight is 323 g/mol. The summed E-state index contributed by atoms with van der Waals surface area (Å²) in [4.78, 5) is 0. The summed E-state index contributed by atoms with van der Waals surface area (Å²) < 4.78 is 12.0. The summed E-state index contributed by atoms with van der Waals surface area (Å²) >= 11 is 3.43. The van der Waals surface area contributed by atoms with Gasteiger partial charge in [0.05, 0.1) is 13.7 Å². The zero-order valence-corrected chi connectivity index (χ0v) is 12.2. The van der Waals surface area contributed by atoms with E-state index in [2.05, 4.69) is 15.9 Å². The van der Waals surface area contributed by atoms with Gasteiger partial charge >= 0.3 is 0 Å². The normalized spacial score (nSPS) is 10.3. The van der Waals surface area contributed by atoms with Gasteiger partial charge in [-0.05, 0) is 35.4 Å². The van der Waals surface area contributed by atoms with E-state index < -0.39 is 0 Å².